The normalized spacial score (nSPS) is 30.4. The van der Waals surface area contributed by atoms with Crippen molar-refractivity contribution in [3.63, 3.8) is 0 Å². The molecule has 0 aromatic heterocycles. The van der Waals surface area contributed by atoms with Gasteiger partial charge in [-0.05, 0) is 37.0 Å². The van der Waals surface area contributed by atoms with Crippen LogP contribution in [0.4, 0.5) is 0 Å². The zero-order chi connectivity index (χ0) is 14.4. The highest BCUT2D eigenvalue weighted by Crippen LogP contribution is 2.33. The highest BCUT2D eigenvalue weighted by Gasteiger charge is 2.34. The van der Waals surface area contributed by atoms with Crippen molar-refractivity contribution >= 4 is 0 Å². The van der Waals surface area contributed by atoms with Gasteiger partial charge in [0.15, 0.2) is 0 Å². The first-order chi connectivity index (χ1) is 9.61. The monoisotopic (exact) mass is 280 g/mol. The van der Waals surface area contributed by atoms with Gasteiger partial charge in [0, 0.05) is 25.2 Å². The highest BCUT2D eigenvalue weighted by atomic mass is 15.0. The van der Waals surface area contributed by atoms with Gasteiger partial charge in [-0.1, -0.05) is 52.9 Å². The minimum Gasteiger partial charge on any atom is -0.315 e. The predicted molar refractivity (Wildman–Crippen MR) is 88.1 cm³/mol. The van der Waals surface area contributed by atoms with E-state index in [9.17, 15) is 0 Å². The summed E-state index contributed by atoms with van der Waals surface area (Å²) in [5, 5.41) is 7.61. The molecule has 2 N–H and O–H groups in total. The van der Waals surface area contributed by atoms with Crippen molar-refractivity contribution in [2.75, 3.05) is 13.1 Å². The van der Waals surface area contributed by atoms with Crippen molar-refractivity contribution in [1.29, 1.82) is 0 Å². The fraction of sp³-hybridized carbons (Fsp3) is 1.00. The van der Waals surface area contributed by atoms with Crippen LogP contribution >= 0.6 is 0 Å². The number of fused-ring (bicyclic) bond motifs is 1. The van der Waals surface area contributed by atoms with Crippen LogP contribution in [0.2, 0.25) is 0 Å². The Kier molecular flexibility index (Phi) is 6.35. The van der Waals surface area contributed by atoms with Crippen molar-refractivity contribution in [2.24, 2.45) is 11.3 Å². The molecule has 2 heteroatoms. The van der Waals surface area contributed by atoms with E-state index >= 15 is 0 Å². The zero-order valence-electron chi connectivity index (χ0n) is 14.0. The summed E-state index contributed by atoms with van der Waals surface area (Å²) in [6.45, 7) is 9.46. The van der Waals surface area contributed by atoms with Crippen molar-refractivity contribution < 1.29 is 0 Å². The van der Waals surface area contributed by atoms with Crippen molar-refractivity contribution in [1.82, 2.24) is 10.6 Å². The lowest BCUT2D eigenvalue weighted by atomic mass is 9.85. The largest absolute Gasteiger partial charge is 0.315 e. The summed E-state index contributed by atoms with van der Waals surface area (Å²) in [4.78, 5) is 0. The standard InChI is InChI=1S/C18H36N2/c1-4-5-8-11-18(2,3)14-19-13-16-12-15-9-6-7-10-17(15)20-16/h15-17,19-20H,4-14H2,1-3H3. The molecule has 0 radical (unpaired) electrons. The SMILES string of the molecule is CCCCCC(C)(C)CNCC1CC2CCCCC2N1. The smallest absolute Gasteiger partial charge is 0.0198 e. The molecule has 0 aromatic carbocycles. The number of unbranched alkanes of at least 4 members (excludes halogenated alkanes) is 2. The van der Waals surface area contributed by atoms with Gasteiger partial charge in [0.2, 0.25) is 0 Å². The molecule has 1 heterocycles. The average molecular weight is 280 g/mol. The van der Waals surface area contributed by atoms with Gasteiger partial charge >= 0.3 is 0 Å². The molecule has 0 bridgehead atoms. The van der Waals surface area contributed by atoms with Crippen LogP contribution < -0.4 is 10.6 Å². The van der Waals surface area contributed by atoms with E-state index in [0.29, 0.717) is 5.41 Å². The lowest BCUT2D eigenvalue weighted by molar-refractivity contribution is 0.297. The molecule has 3 unspecified atom stereocenters. The van der Waals surface area contributed by atoms with Gasteiger partial charge in [-0.3, -0.25) is 0 Å². The maximum atomic E-state index is 3.87. The van der Waals surface area contributed by atoms with Crippen LogP contribution in [0.25, 0.3) is 0 Å². The van der Waals surface area contributed by atoms with Crippen LogP contribution in [-0.2, 0) is 0 Å². The summed E-state index contributed by atoms with van der Waals surface area (Å²) in [7, 11) is 0. The van der Waals surface area contributed by atoms with Crippen molar-refractivity contribution in [2.45, 2.75) is 90.6 Å². The molecule has 20 heavy (non-hydrogen) atoms. The third kappa shape index (κ3) is 5.04. The van der Waals surface area contributed by atoms with E-state index < -0.39 is 0 Å². The zero-order valence-corrected chi connectivity index (χ0v) is 14.0. The molecule has 1 aliphatic heterocycles. The molecule has 2 aliphatic rings. The Morgan fingerprint density at radius 2 is 1.95 bits per heavy atom. The first-order valence-electron chi connectivity index (χ1n) is 9.07. The molecule has 0 amide bonds. The molecular formula is C18H36N2. The van der Waals surface area contributed by atoms with E-state index in [0.717, 1.165) is 18.0 Å². The summed E-state index contributed by atoms with van der Waals surface area (Å²) in [6, 6.07) is 1.57. The quantitative estimate of drug-likeness (QED) is 0.654. The molecule has 118 valence electrons. The van der Waals surface area contributed by atoms with Crippen LogP contribution in [-0.4, -0.2) is 25.2 Å². The van der Waals surface area contributed by atoms with Crippen molar-refractivity contribution in [3.8, 4) is 0 Å². The van der Waals surface area contributed by atoms with Gasteiger partial charge in [-0.15, -0.1) is 0 Å². The second-order valence-corrected chi connectivity index (χ2v) is 8.00. The fourth-order valence-corrected chi connectivity index (χ4v) is 4.11. The molecule has 0 spiro atoms. The topological polar surface area (TPSA) is 24.1 Å². The van der Waals surface area contributed by atoms with E-state index in [1.165, 1.54) is 70.9 Å². The fourth-order valence-electron chi connectivity index (χ4n) is 4.11. The molecule has 3 atom stereocenters. The van der Waals surface area contributed by atoms with Gasteiger partial charge in [0.05, 0.1) is 0 Å². The second-order valence-electron chi connectivity index (χ2n) is 8.00. The van der Waals surface area contributed by atoms with Crippen LogP contribution in [0.5, 0.6) is 0 Å². The Labute approximate surface area is 126 Å². The van der Waals surface area contributed by atoms with Crippen molar-refractivity contribution in [3.05, 3.63) is 0 Å². The second kappa shape index (κ2) is 7.79. The van der Waals surface area contributed by atoms with E-state index in [-0.39, 0.29) is 0 Å². The third-order valence-corrected chi connectivity index (χ3v) is 5.40. The Balaban J connectivity index is 1.61. The molecule has 1 saturated heterocycles. The number of nitrogens with one attached hydrogen (secondary N) is 2. The Morgan fingerprint density at radius 1 is 1.15 bits per heavy atom. The van der Waals surface area contributed by atoms with Gasteiger partial charge in [0.25, 0.3) is 0 Å². The number of rotatable bonds is 8. The molecule has 1 saturated carbocycles. The summed E-state index contributed by atoms with van der Waals surface area (Å²) in [5.74, 6) is 0.980. The summed E-state index contributed by atoms with van der Waals surface area (Å²) in [5.41, 5.74) is 0.459. The van der Waals surface area contributed by atoms with Gasteiger partial charge in [-0.25, -0.2) is 0 Å². The lowest BCUT2D eigenvalue weighted by Crippen LogP contribution is -2.41. The van der Waals surface area contributed by atoms with Gasteiger partial charge in [0.1, 0.15) is 0 Å². The number of hydrogen-bond donors (Lipinski definition) is 2. The highest BCUT2D eigenvalue weighted by molar-refractivity contribution is 4.93. The Morgan fingerprint density at radius 3 is 2.70 bits per heavy atom. The third-order valence-electron chi connectivity index (χ3n) is 5.40. The van der Waals surface area contributed by atoms with E-state index in [1.54, 1.807) is 0 Å². The minimum atomic E-state index is 0.459. The van der Waals surface area contributed by atoms with E-state index in [2.05, 4.69) is 31.4 Å². The molecule has 0 aromatic rings. The molecule has 1 aliphatic carbocycles. The molecule has 2 nitrogen and oxygen atoms in total. The average Bonchev–Trinajstić information content (AvgIpc) is 2.81. The molecule has 2 fully saturated rings. The maximum absolute atomic E-state index is 3.87. The maximum Gasteiger partial charge on any atom is 0.0198 e. The number of hydrogen-bond acceptors (Lipinski definition) is 2. The Hall–Kier alpha value is -0.0800. The van der Waals surface area contributed by atoms with Crippen LogP contribution in [0.1, 0.15) is 78.6 Å². The summed E-state index contributed by atoms with van der Waals surface area (Å²) in [6.07, 6.45) is 12.7. The predicted octanol–water partition coefficient (Wildman–Crippen LogP) is 4.10. The van der Waals surface area contributed by atoms with E-state index in [4.69, 9.17) is 0 Å². The lowest BCUT2D eigenvalue weighted by Gasteiger charge is -2.26. The first-order valence-corrected chi connectivity index (χ1v) is 9.07. The summed E-state index contributed by atoms with van der Waals surface area (Å²) < 4.78 is 0. The summed E-state index contributed by atoms with van der Waals surface area (Å²) >= 11 is 0. The molecular weight excluding hydrogens is 244 g/mol. The minimum absolute atomic E-state index is 0.459. The van der Waals surface area contributed by atoms with Gasteiger partial charge in [-0.2, -0.15) is 0 Å². The van der Waals surface area contributed by atoms with Crippen LogP contribution in [0, 0.1) is 11.3 Å². The first kappa shape index (κ1) is 16.3. The molecule has 2 rings (SSSR count). The van der Waals surface area contributed by atoms with Gasteiger partial charge < -0.3 is 10.6 Å². The van der Waals surface area contributed by atoms with Crippen LogP contribution in [0.15, 0.2) is 0 Å². The Bertz CT molecular complexity index is 261. The van der Waals surface area contributed by atoms with E-state index in [1.807, 2.05) is 0 Å². The van der Waals surface area contributed by atoms with Crippen LogP contribution in [0.3, 0.4) is 0 Å².